The molecule has 1 aliphatic rings. The molecule has 4 rings (SSSR count). The molecule has 128 valence electrons. The van der Waals surface area contributed by atoms with Gasteiger partial charge in [0.05, 0.1) is 0 Å². The van der Waals surface area contributed by atoms with Crippen molar-refractivity contribution in [3.8, 4) is 0 Å². The van der Waals surface area contributed by atoms with Crippen LogP contribution in [0, 0.1) is 0 Å². The number of fused-ring (bicyclic) bond motifs is 1. The van der Waals surface area contributed by atoms with Gasteiger partial charge in [-0.2, -0.15) is 0 Å². The van der Waals surface area contributed by atoms with Crippen molar-refractivity contribution in [3.63, 3.8) is 0 Å². The Morgan fingerprint density at radius 2 is 1.72 bits per heavy atom. The molecule has 5 heteroatoms. The van der Waals surface area contributed by atoms with Crippen molar-refractivity contribution >= 4 is 43.9 Å². The van der Waals surface area contributed by atoms with Gasteiger partial charge >= 0.3 is 0 Å². The highest BCUT2D eigenvalue weighted by molar-refractivity contribution is 9.10. The fourth-order valence-electron chi connectivity index (χ4n) is 3.20. The van der Waals surface area contributed by atoms with Gasteiger partial charge in [0.15, 0.2) is 0 Å². The maximum atomic E-state index is 4.52. The van der Waals surface area contributed by atoms with Crippen LogP contribution in [0.4, 0.5) is 17.2 Å². The lowest BCUT2D eigenvalue weighted by atomic mass is 10.1. The van der Waals surface area contributed by atoms with Gasteiger partial charge in [0.1, 0.15) is 5.82 Å². The summed E-state index contributed by atoms with van der Waals surface area (Å²) >= 11 is 3.55. The molecule has 25 heavy (non-hydrogen) atoms. The van der Waals surface area contributed by atoms with E-state index in [-0.39, 0.29) is 0 Å². The Kier molecular flexibility index (Phi) is 4.59. The number of nitrogens with zero attached hydrogens (tertiary/aromatic N) is 3. The van der Waals surface area contributed by atoms with E-state index in [9.17, 15) is 0 Å². The first-order valence-electron chi connectivity index (χ1n) is 8.54. The SMILES string of the molecule is CN1CCN(c2ccc(Nc3nccc4ccc(Br)cc34)cc2)CC1. The van der Waals surface area contributed by atoms with Crippen LogP contribution in [0.1, 0.15) is 0 Å². The number of pyridine rings is 1. The Hall–Kier alpha value is -2.11. The van der Waals surface area contributed by atoms with E-state index in [2.05, 4.69) is 85.5 Å². The molecular formula is C20H21BrN4. The molecule has 0 spiro atoms. The first-order chi connectivity index (χ1) is 12.2. The quantitative estimate of drug-likeness (QED) is 0.706. The number of halogens is 1. The van der Waals surface area contributed by atoms with E-state index in [0.717, 1.165) is 47.5 Å². The average Bonchev–Trinajstić information content (AvgIpc) is 2.64. The van der Waals surface area contributed by atoms with E-state index in [1.54, 1.807) is 0 Å². The highest BCUT2D eigenvalue weighted by Crippen LogP contribution is 2.28. The van der Waals surface area contributed by atoms with Crippen molar-refractivity contribution in [1.82, 2.24) is 9.88 Å². The third-order valence-corrected chi connectivity index (χ3v) is 5.22. The Morgan fingerprint density at radius 3 is 2.48 bits per heavy atom. The molecule has 0 amide bonds. The van der Waals surface area contributed by atoms with Crippen LogP contribution in [0.3, 0.4) is 0 Å². The molecule has 0 unspecified atom stereocenters. The van der Waals surface area contributed by atoms with Gasteiger partial charge in [-0.05, 0) is 54.9 Å². The molecule has 2 heterocycles. The van der Waals surface area contributed by atoms with Gasteiger partial charge in [-0.25, -0.2) is 4.98 Å². The summed E-state index contributed by atoms with van der Waals surface area (Å²) in [5, 5.41) is 5.74. The number of piperazine rings is 1. The largest absolute Gasteiger partial charge is 0.369 e. The molecule has 1 N–H and O–H groups in total. The Balaban J connectivity index is 1.55. The zero-order valence-electron chi connectivity index (χ0n) is 14.2. The third kappa shape index (κ3) is 3.62. The van der Waals surface area contributed by atoms with Crippen molar-refractivity contribution in [2.24, 2.45) is 0 Å². The lowest BCUT2D eigenvalue weighted by molar-refractivity contribution is 0.313. The predicted octanol–water partition coefficient (Wildman–Crippen LogP) is 4.49. The number of aromatic nitrogens is 1. The molecule has 1 fully saturated rings. The normalized spacial score (nSPS) is 15.5. The van der Waals surface area contributed by atoms with Crippen molar-refractivity contribution in [2.75, 3.05) is 43.4 Å². The number of rotatable bonds is 3. The first kappa shape index (κ1) is 16.4. The second kappa shape index (κ2) is 7.02. The maximum absolute atomic E-state index is 4.52. The van der Waals surface area contributed by atoms with Gasteiger partial charge < -0.3 is 15.1 Å². The Labute approximate surface area is 156 Å². The number of anilines is 3. The first-order valence-corrected chi connectivity index (χ1v) is 9.33. The van der Waals surface area contributed by atoms with E-state index in [1.165, 1.54) is 11.1 Å². The summed E-state index contributed by atoms with van der Waals surface area (Å²) < 4.78 is 1.06. The summed E-state index contributed by atoms with van der Waals surface area (Å²) in [6, 6.07) is 16.9. The zero-order valence-corrected chi connectivity index (χ0v) is 15.8. The fraction of sp³-hybridized carbons (Fsp3) is 0.250. The standard InChI is InChI=1S/C20H21BrN4/c1-24-10-12-25(13-11-24)18-6-4-17(5-7-18)23-20-19-14-16(21)3-2-15(19)8-9-22-20/h2-9,14H,10-13H2,1H3,(H,22,23). The van der Waals surface area contributed by atoms with Gasteiger partial charge in [-0.3, -0.25) is 0 Å². The van der Waals surface area contributed by atoms with Crippen LogP contribution in [0.15, 0.2) is 59.2 Å². The molecule has 2 aromatic carbocycles. The topological polar surface area (TPSA) is 31.4 Å². The average molecular weight is 397 g/mol. The highest BCUT2D eigenvalue weighted by Gasteiger charge is 2.14. The van der Waals surface area contributed by atoms with Crippen LogP contribution in [0.5, 0.6) is 0 Å². The van der Waals surface area contributed by atoms with E-state index >= 15 is 0 Å². The van der Waals surface area contributed by atoms with Crippen LogP contribution >= 0.6 is 15.9 Å². The van der Waals surface area contributed by atoms with Gasteiger partial charge in [0.25, 0.3) is 0 Å². The number of nitrogens with one attached hydrogen (secondary N) is 1. The van der Waals surface area contributed by atoms with Gasteiger partial charge in [0, 0.05) is 53.6 Å². The molecule has 0 atom stereocenters. The van der Waals surface area contributed by atoms with E-state index < -0.39 is 0 Å². The molecule has 0 bridgehead atoms. The van der Waals surface area contributed by atoms with Crippen LogP contribution in [0.2, 0.25) is 0 Å². The van der Waals surface area contributed by atoms with Crippen LogP contribution < -0.4 is 10.2 Å². The zero-order chi connectivity index (χ0) is 17.2. The van der Waals surface area contributed by atoms with Gasteiger partial charge in [0.2, 0.25) is 0 Å². The van der Waals surface area contributed by atoms with E-state index in [0.29, 0.717) is 0 Å². The molecule has 1 aliphatic heterocycles. The molecular weight excluding hydrogens is 376 g/mol. The van der Waals surface area contributed by atoms with Crippen molar-refractivity contribution < 1.29 is 0 Å². The summed E-state index contributed by atoms with van der Waals surface area (Å²) in [5.41, 5.74) is 2.34. The molecule has 0 saturated carbocycles. The minimum atomic E-state index is 0.881. The van der Waals surface area contributed by atoms with Gasteiger partial charge in [-0.1, -0.05) is 22.0 Å². The second-order valence-corrected chi connectivity index (χ2v) is 7.40. The minimum absolute atomic E-state index is 0.881. The number of hydrogen-bond donors (Lipinski definition) is 1. The number of benzene rings is 2. The van der Waals surface area contributed by atoms with E-state index in [4.69, 9.17) is 0 Å². The summed E-state index contributed by atoms with van der Waals surface area (Å²) in [6.45, 7) is 4.41. The maximum Gasteiger partial charge on any atom is 0.138 e. The highest BCUT2D eigenvalue weighted by atomic mass is 79.9. The van der Waals surface area contributed by atoms with Gasteiger partial charge in [-0.15, -0.1) is 0 Å². The number of likely N-dealkylation sites (N-methyl/N-ethyl adjacent to an activating group) is 1. The summed E-state index contributed by atoms with van der Waals surface area (Å²) in [6.07, 6.45) is 1.84. The summed E-state index contributed by atoms with van der Waals surface area (Å²) in [7, 11) is 2.18. The molecule has 1 aromatic heterocycles. The lowest BCUT2D eigenvalue weighted by Crippen LogP contribution is -2.44. The van der Waals surface area contributed by atoms with Crippen LogP contribution in [-0.4, -0.2) is 43.1 Å². The smallest absolute Gasteiger partial charge is 0.138 e. The van der Waals surface area contributed by atoms with Crippen LogP contribution in [0.25, 0.3) is 10.8 Å². The summed E-state index contributed by atoms with van der Waals surface area (Å²) in [5.74, 6) is 0.881. The molecule has 0 aliphatic carbocycles. The Morgan fingerprint density at radius 1 is 0.960 bits per heavy atom. The fourth-order valence-corrected chi connectivity index (χ4v) is 3.56. The van der Waals surface area contributed by atoms with E-state index in [1.807, 2.05) is 12.3 Å². The number of hydrogen-bond acceptors (Lipinski definition) is 4. The van der Waals surface area contributed by atoms with Crippen molar-refractivity contribution in [3.05, 3.63) is 59.2 Å². The monoisotopic (exact) mass is 396 g/mol. The van der Waals surface area contributed by atoms with Crippen molar-refractivity contribution in [1.29, 1.82) is 0 Å². The molecule has 3 aromatic rings. The van der Waals surface area contributed by atoms with Crippen molar-refractivity contribution in [2.45, 2.75) is 0 Å². The third-order valence-electron chi connectivity index (χ3n) is 4.73. The molecule has 4 nitrogen and oxygen atoms in total. The predicted molar refractivity (Wildman–Crippen MR) is 109 cm³/mol. The summed E-state index contributed by atoms with van der Waals surface area (Å²) in [4.78, 5) is 9.33. The van der Waals surface area contributed by atoms with Crippen LogP contribution in [-0.2, 0) is 0 Å². The lowest BCUT2D eigenvalue weighted by Gasteiger charge is -2.34. The molecule has 0 radical (unpaired) electrons. The second-order valence-electron chi connectivity index (χ2n) is 6.49. The Bertz CT molecular complexity index is 871. The molecule has 1 saturated heterocycles. The minimum Gasteiger partial charge on any atom is -0.369 e.